The molecule has 1 amide bonds. The highest BCUT2D eigenvalue weighted by Crippen LogP contribution is 2.27. The monoisotopic (exact) mass is 423 g/mol. The van der Waals surface area contributed by atoms with Crippen molar-refractivity contribution >= 4 is 23.1 Å². The lowest BCUT2D eigenvalue weighted by Crippen LogP contribution is -2.20. The van der Waals surface area contributed by atoms with Crippen molar-refractivity contribution in [3.8, 4) is 16.5 Å². The number of carbonyl (C=O) groups excluding carboxylic acids is 1. The summed E-state index contributed by atoms with van der Waals surface area (Å²) in [4.78, 5) is 32.8. The molecule has 4 aromatic rings. The summed E-state index contributed by atoms with van der Waals surface area (Å²) >= 11 is 1.48. The molecule has 0 saturated heterocycles. The van der Waals surface area contributed by atoms with Crippen molar-refractivity contribution in [2.45, 2.75) is 19.8 Å². The van der Waals surface area contributed by atoms with E-state index in [2.05, 4.69) is 20.4 Å². The number of aromatic nitrogens is 4. The van der Waals surface area contributed by atoms with Crippen LogP contribution in [0.4, 0.5) is 10.2 Å². The summed E-state index contributed by atoms with van der Waals surface area (Å²) in [5.74, 6) is -0.809. The molecule has 9 heteroatoms. The van der Waals surface area contributed by atoms with Gasteiger partial charge in [-0.2, -0.15) is 9.78 Å². The van der Waals surface area contributed by atoms with Gasteiger partial charge in [0.2, 0.25) is 5.95 Å². The van der Waals surface area contributed by atoms with E-state index >= 15 is 0 Å². The molecule has 0 fully saturated rings. The summed E-state index contributed by atoms with van der Waals surface area (Å²) < 4.78 is 15.4. The number of aromatic amines is 1. The molecule has 0 bridgehead atoms. The lowest BCUT2D eigenvalue weighted by Gasteiger charge is -2.09. The van der Waals surface area contributed by atoms with Crippen LogP contribution in [0, 0.1) is 5.82 Å². The van der Waals surface area contributed by atoms with Crippen molar-refractivity contribution in [3.05, 3.63) is 81.3 Å². The van der Waals surface area contributed by atoms with Gasteiger partial charge in [0.15, 0.2) is 0 Å². The Morgan fingerprint density at radius 1 is 1.23 bits per heavy atom. The number of aryl methyl sites for hydroxylation is 1. The molecule has 0 spiro atoms. The minimum Gasteiger partial charge on any atom is -0.306 e. The number of amides is 1. The standard InChI is InChI=1S/C21H18FN5O2S/c1-2-6-13-11-19(28)25-21(23-13)27-18(12-16(26-27)17-9-5-10-30-17)24-20(29)14-7-3-4-8-15(14)22/h3-5,7-12H,2,6H2,1H3,(H,24,29)(H,23,25,28). The molecule has 0 unspecified atom stereocenters. The van der Waals surface area contributed by atoms with E-state index in [1.165, 1.54) is 40.3 Å². The molecule has 30 heavy (non-hydrogen) atoms. The summed E-state index contributed by atoms with van der Waals surface area (Å²) in [6, 6.07) is 12.6. The zero-order valence-corrected chi connectivity index (χ0v) is 16.9. The Morgan fingerprint density at radius 3 is 2.80 bits per heavy atom. The fourth-order valence-corrected chi connectivity index (χ4v) is 3.67. The Hall–Kier alpha value is -3.59. The van der Waals surface area contributed by atoms with Crippen molar-refractivity contribution in [1.82, 2.24) is 19.7 Å². The van der Waals surface area contributed by atoms with Crippen LogP contribution in [-0.4, -0.2) is 25.7 Å². The number of hydrogen-bond donors (Lipinski definition) is 2. The third-order valence-electron chi connectivity index (χ3n) is 4.33. The first-order valence-electron chi connectivity index (χ1n) is 9.35. The van der Waals surface area contributed by atoms with Crippen molar-refractivity contribution in [1.29, 1.82) is 0 Å². The highest BCUT2D eigenvalue weighted by Gasteiger charge is 2.18. The zero-order chi connectivity index (χ0) is 21.1. The average Bonchev–Trinajstić information content (AvgIpc) is 3.38. The van der Waals surface area contributed by atoms with Crippen LogP contribution in [0.25, 0.3) is 16.5 Å². The van der Waals surface area contributed by atoms with Gasteiger partial charge in [0.25, 0.3) is 11.5 Å². The molecule has 152 valence electrons. The van der Waals surface area contributed by atoms with Crippen molar-refractivity contribution in [2.75, 3.05) is 5.32 Å². The number of hydrogen-bond acceptors (Lipinski definition) is 5. The van der Waals surface area contributed by atoms with Gasteiger partial charge in [0.05, 0.1) is 10.4 Å². The van der Waals surface area contributed by atoms with Gasteiger partial charge >= 0.3 is 0 Å². The number of thiophene rings is 1. The van der Waals surface area contributed by atoms with Gasteiger partial charge < -0.3 is 5.32 Å². The van der Waals surface area contributed by atoms with Crippen molar-refractivity contribution < 1.29 is 9.18 Å². The largest absolute Gasteiger partial charge is 0.306 e. The number of H-pyrrole nitrogens is 1. The molecule has 0 radical (unpaired) electrons. The first kappa shape index (κ1) is 19.7. The molecule has 3 heterocycles. The van der Waals surface area contributed by atoms with Crippen LogP contribution in [0.5, 0.6) is 0 Å². The fraction of sp³-hybridized carbons (Fsp3) is 0.143. The first-order chi connectivity index (χ1) is 14.5. The second-order valence-corrected chi connectivity index (χ2v) is 7.50. The first-order valence-corrected chi connectivity index (χ1v) is 10.2. The molecular weight excluding hydrogens is 405 g/mol. The van der Waals surface area contributed by atoms with Crippen LogP contribution in [0.1, 0.15) is 29.4 Å². The average molecular weight is 423 g/mol. The number of halogens is 1. The van der Waals surface area contributed by atoms with E-state index in [1.807, 2.05) is 24.4 Å². The van der Waals surface area contributed by atoms with Crippen LogP contribution in [0.15, 0.2) is 58.7 Å². The number of benzene rings is 1. The van der Waals surface area contributed by atoms with Crippen molar-refractivity contribution in [3.63, 3.8) is 0 Å². The third-order valence-corrected chi connectivity index (χ3v) is 5.22. The molecule has 0 aliphatic rings. The normalized spacial score (nSPS) is 10.9. The SMILES string of the molecule is CCCc1cc(=O)[nH]c(-n2nc(-c3cccs3)cc2NC(=O)c2ccccc2F)n1. The number of nitrogens with zero attached hydrogens (tertiary/aromatic N) is 3. The molecular formula is C21H18FN5O2S. The minimum atomic E-state index is -0.629. The molecule has 0 saturated carbocycles. The molecule has 4 rings (SSSR count). The van der Waals surface area contributed by atoms with Crippen LogP contribution in [0.2, 0.25) is 0 Å². The Kier molecular flexibility index (Phi) is 5.53. The number of rotatable bonds is 6. The Morgan fingerprint density at radius 2 is 2.07 bits per heavy atom. The second kappa shape index (κ2) is 8.42. The highest BCUT2D eigenvalue weighted by atomic mass is 32.1. The number of carbonyl (C=O) groups is 1. The maximum atomic E-state index is 14.0. The lowest BCUT2D eigenvalue weighted by molar-refractivity contribution is 0.102. The maximum absolute atomic E-state index is 14.0. The summed E-state index contributed by atoms with van der Waals surface area (Å²) in [5, 5.41) is 9.11. The lowest BCUT2D eigenvalue weighted by atomic mass is 10.2. The minimum absolute atomic E-state index is 0.0934. The van der Waals surface area contributed by atoms with Crippen LogP contribution < -0.4 is 10.9 Å². The predicted octanol–water partition coefficient (Wildman–Crippen LogP) is 4.03. The van der Waals surface area contributed by atoms with Gasteiger partial charge in [-0.3, -0.25) is 14.6 Å². The molecule has 0 atom stereocenters. The van der Waals surface area contributed by atoms with E-state index in [0.717, 1.165) is 11.3 Å². The summed E-state index contributed by atoms with van der Waals surface area (Å²) in [6.07, 6.45) is 1.46. The van der Waals surface area contributed by atoms with Crippen LogP contribution in [0.3, 0.4) is 0 Å². The second-order valence-electron chi connectivity index (χ2n) is 6.55. The van der Waals surface area contributed by atoms with Gasteiger partial charge in [-0.15, -0.1) is 11.3 Å². The van der Waals surface area contributed by atoms with Crippen LogP contribution in [-0.2, 0) is 6.42 Å². The smallest absolute Gasteiger partial charge is 0.259 e. The topological polar surface area (TPSA) is 92.7 Å². The summed E-state index contributed by atoms with van der Waals surface area (Å²) in [7, 11) is 0. The maximum Gasteiger partial charge on any atom is 0.259 e. The van der Waals surface area contributed by atoms with Gasteiger partial charge in [0.1, 0.15) is 17.3 Å². The van der Waals surface area contributed by atoms with E-state index in [4.69, 9.17) is 0 Å². The van der Waals surface area contributed by atoms with Gasteiger partial charge in [-0.1, -0.05) is 31.5 Å². The zero-order valence-electron chi connectivity index (χ0n) is 16.1. The third kappa shape index (κ3) is 4.06. The quantitative estimate of drug-likeness (QED) is 0.490. The van der Waals surface area contributed by atoms with E-state index in [0.29, 0.717) is 17.8 Å². The Balaban J connectivity index is 1.79. The molecule has 0 aliphatic heterocycles. The van der Waals surface area contributed by atoms with E-state index in [-0.39, 0.29) is 22.9 Å². The van der Waals surface area contributed by atoms with Crippen LogP contribution >= 0.6 is 11.3 Å². The Labute approximate surface area is 175 Å². The van der Waals surface area contributed by atoms with Gasteiger partial charge in [0, 0.05) is 17.8 Å². The summed E-state index contributed by atoms with van der Waals surface area (Å²) in [6.45, 7) is 1.99. The van der Waals surface area contributed by atoms with E-state index in [1.54, 1.807) is 12.1 Å². The molecule has 2 N–H and O–H groups in total. The molecule has 0 aliphatic carbocycles. The summed E-state index contributed by atoms with van der Waals surface area (Å²) in [5.41, 5.74) is 0.806. The number of anilines is 1. The highest BCUT2D eigenvalue weighted by molar-refractivity contribution is 7.13. The van der Waals surface area contributed by atoms with Gasteiger partial charge in [-0.25, -0.2) is 9.37 Å². The molecule has 1 aromatic carbocycles. The van der Waals surface area contributed by atoms with Crippen molar-refractivity contribution in [2.24, 2.45) is 0 Å². The predicted molar refractivity (Wildman–Crippen MR) is 114 cm³/mol. The Bertz CT molecular complexity index is 1250. The molecule has 7 nitrogen and oxygen atoms in total. The van der Waals surface area contributed by atoms with E-state index < -0.39 is 11.7 Å². The van der Waals surface area contributed by atoms with Gasteiger partial charge in [-0.05, 0) is 30.0 Å². The molecule has 3 aromatic heterocycles. The fourth-order valence-electron chi connectivity index (χ4n) is 2.98. The number of nitrogens with one attached hydrogen (secondary N) is 2. The van der Waals surface area contributed by atoms with E-state index in [9.17, 15) is 14.0 Å².